The van der Waals surface area contributed by atoms with Gasteiger partial charge in [0.25, 0.3) is 11.8 Å². The lowest BCUT2D eigenvalue weighted by molar-refractivity contribution is -0.122. The largest absolute Gasteiger partial charge is 0.488 e. The third-order valence-corrected chi connectivity index (χ3v) is 5.09. The third-order valence-electron chi connectivity index (χ3n) is 4.39. The number of benzene rings is 3. The van der Waals surface area contributed by atoms with Gasteiger partial charge in [-0.3, -0.25) is 9.59 Å². The molecule has 0 aliphatic rings. The maximum Gasteiger partial charge on any atom is 0.262 e. The molecule has 0 saturated heterocycles. The molecule has 3 aromatic carbocycles. The molecule has 0 aromatic heterocycles. The van der Waals surface area contributed by atoms with Crippen LogP contribution in [0.15, 0.2) is 88.4 Å². The summed E-state index contributed by atoms with van der Waals surface area (Å²) >= 11 is 3.33. The van der Waals surface area contributed by atoms with E-state index in [2.05, 4.69) is 31.8 Å². The van der Waals surface area contributed by atoms with Crippen molar-refractivity contribution in [1.29, 1.82) is 0 Å². The molecule has 31 heavy (non-hydrogen) atoms. The van der Waals surface area contributed by atoms with Gasteiger partial charge < -0.3 is 10.1 Å². The lowest BCUT2D eigenvalue weighted by Gasteiger charge is -2.13. The van der Waals surface area contributed by atoms with E-state index in [1.54, 1.807) is 25.1 Å². The molecule has 0 radical (unpaired) electrons. The molecule has 0 bridgehead atoms. The first kappa shape index (κ1) is 22.2. The van der Waals surface area contributed by atoms with E-state index in [0.717, 1.165) is 11.1 Å². The van der Waals surface area contributed by atoms with Crippen LogP contribution in [-0.2, 0) is 11.4 Å². The molecule has 7 heteroatoms. The fourth-order valence-electron chi connectivity index (χ4n) is 2.70. The Balaban J connectivity index is 1.55. The Bertz CT molecular complexity index is 1070. The zero-order valence-corrected chi connectivity index (χ0v) is 18.5. The van der Waals surface area contributed by atoms with Gasteiger partial charge in [-0.15, -0.1) is 0 Å². The second-order valence-electron chi connectivity index (χ2n) is 6.72. The highest BCUT2D eigenvalue weighted by atomic mass is 79.9. The van der Waals surface area contributed by atoms with Crippen LogP contribution >= 0.6 is 15.9 Å². The molecule has 3 rings (SSSR count). The van der Waals surface area contributed by atoms with Gasteiger partial charge in [-0.2, -0.15) is 5.10 Å². The van der Waals surface area contributed by atoms with Gasteiger partial charge in [0.15, 0.2) is 0 Å². The Morgan fingerprint density at radius 3 is 2.45 bits per heavy atom. The minimum atomic E-state index is -0.763. The number of hydrogen-bond donors (Lipinski definition) is 2. The van der Waals surface area contributed by atoms with Crippen molar-refractivity contribution in [2.45, 2.75) is 19.6 Å². The first-order valence-corrected chi connectivity index (χ1v) is 10.5. The molecule has 0 aliphatic heterocycles. The first-order chi connectivity index (χ1) is 15.0. The number of nitrogens with zero attached hydrogens (tertiary/aromatic N) is 1. The van der Waals surface area contributed by atoms with Gasteiger partial charge in [0, 0.05) is 10.0 Å². The average Bonchev–Trinajstić information content (AvgIpc) is 2.79. The average molecular weight is 480 g/mol. The number of carbonyl (C=O) groups excluding carboxylic acids is 2. The van der Waals surface area contributed by atoms with Gasteiger partial charge >= 0.3 is 0 Å². The number of hydrogen-bond acceptors (Lipinski definition) is 4. The van der Waals surface area contributed by atoms with Crippen LogP contribution in [0.1, 0.15) is 28.4 Å². The topological polar surface area (TPSA) is 79.8 Å². The summed E-state index contributed by atoms with van der Waals surface area (Å²) in [5.41, 5.74) is 4.68. The summed E-state index contributed by atoms with van der Waals surface area (Å²) in [5, 5.41) is 6.67. The molecule has 0 fully saturated rings. The molecule has 2 N–H and O–H groups in total. The van der Waals surface area contributed by atoms with E-state index in [-0.39, 0.29) is 5.91 Å². The van der Waals surface area contributed by atoms with Gasteiger partial charge in [0.2, 0.25) is 0 Å². The number of carbonyl (C=O) groups is 2. The van der Waals surface area contributed by atoms with Gasteiger partial charge in [0.1, 0.15) is 18.4 Å². The zero-order valence-electron chi connectivity index (χ0n) is 16.9. The maximum atomic E-state index is 12.3. The molecule has 0 aliphatic carbocycles. The van der Waals surface area contributed by atoms with Crippen molar-refractivity contribution in [3.05, 3.63) is 100 Å². The second kappa shape index (κ2) is 11.1. The molecular weight excluding hydrogens is 458 g/mol. The van der Waals surface area contributed by atoms with Crippen LogP contribution in [-0.4, -0.2) is 24.1 Å². The Morgan fingerprint density at radius 2 is 1.68 bits per heavy atom. The summed E-state index contributed by atoms with van der Waals surface area (Å²) < 4.78 is 6.53. The number of rotatable bonds is 8. The molecule has 2 amide bonds. The summed E-state index contributed by atoms with van der Waals surface area (Å²) in [6, 6.07) is 23.5. The Kier molecular flexibility index (Phi) is 7.95. The lowest BCUT2D eigenvalue weighted by atomic mass is 10.2. The van der Waals surface area contributed by atoms with Crippen LogP contribution in [0.4, 0.5) is 0 Å². The van der Waals surface area contributed by atoms with Crippen LogP contribution < -0.4 is 15.5 Å². The molecule has 6 nitrogen and oxygen atoms in total. The van der Waals surface area contributed by atoms with Crippen molar-refractivity contribution >= 4 is 34.0 Å². The second-order valence-corrected chi connectivity index (χ2v) is 7.58. The number of hydrazone groups is 1. The Morgan fingerprint density at radius 1 is 1.00 bits per heavy atom. The third kappa shape index (κ3) is 6.52. The van der Waals surface area contributed by atoms with Crippen molar-refractivity contribution in [2.24, 2.45) is 5.10 Å². The summed E-state index contributed by atoms with van der Waals surface area (Å²) in [4.78, 5) is 24.6. The highest BCUT2D eigenvalue weighted by Gasteiger charge is 2.17. The Hall–Kier alpha value is -3.45. The summed E-state index contributed by atoms with van der Waals surface area (Å²) in [6.07, 6.45) is 1.51. The number of ether oxygens (including phenoxy) is 1. The van der Waals surface area contributed by atoms with Crippen LogP contribution in [0.25, 0.3) is 0 Å². The van der Waals surface area contributed by atoms with E-state index in [4.69, 9.17) is 4.74 Å². The van der Waals surface area contributed by atoms with E-state index < -0.39 is 11.9 Å². The molecule has 1 unspecified atom stereocenters. The smallest absolute Gasteiger partial charge is 0.262 e. The number of nitrogens with one attached hydrogen (secondary N) is 2. The van der Waals surface area contributed by atoms with Gasteiger partial charge in [-0.05, 0) is 52.7 Å². The summed E-state index contributed by atoms with van der Waals surface area (Å²) in [7, 11) is 0. The number of halogens is 1. The van der Waals surface area contributed by atoms with E-state index in [9.17, 15) is 9.59 Å². The van der Waals surface area contributed by atoms with Crippen LogP contribution in [0.2, 0.25) is 0 Å². The minimum absolute atomic E-state index is 0.348. The number of amides is 2. The van der Waals surface area contributed by atoms with Crippen molar-refractivity contribution in [1.82, 2.24) is 10.7 Å². The predicted octanol–water partition coefficient (Wildman–Crippen LogP) is 4.30. The normalized spacial score (nSPS) is 11.7. The molecule has 0 spiro atoms. The van der Waals surface area contributed by atoms with E-state index in [1.807, 2.05) is 60.7 Å². The molecule has 158 valence electrons. The zero-order chi connectivity index (χ0) is 22.1. The fourth-order valence-corrected chi connectivity index (χ4v) is 3.17. The van der Waals surface area contributed by atoms with Crippen molar-refractivity contribution < 1.29 is 14.3 Å². The summed E-state index contributed by atoms with van der Waals surface area (Å²) in [6.45, 7) is 2.02. The minimum Gasteiger partial charge on any atom is -0.488 e. The highest BCUT2D eigenvalue weighted by molar-refractivity contribution is 9.10. The molecule has 1 atom stereocenters. The molecule has 3 aromatic rings. The van der Waals surface area contributed by atoms with Crippen molar-refractivity contribution in [2.75, 3.05) is 0 Å². The molecule has 0 saturated carbocycles. The Labute approximate surface area is 189 Å². The monoisotopic (exact) mass is 479 g/mol. The molecular formula is C24H22BrN3O3. The first-order valence-electron chi connectivity index (χ1n) is 9.68. The lowest BCUT2D eigenvalue weighted by Crippen LogP contribution is -2.43. The standard InChI is InChI=1S/C24H22BrN3O3/c1-17(27-24(30)20-12-6-7-13-21(20)25)23(29)28-26-15-19-11-5-8-14-22(19)31-16-18-9-3-2-4-10-18/h2-15,17H,16H2,1H3,(H,27,30)(H,28,29). The van der Waals surface area contributed by atoms with Crippen molar-refractivity contribution in [3.63, 3.8) is 0 Å². The van der Waals surface area contributed by atoms with Crippen LogP contribution in [0, 0.1) is 0 Å². The van der Waals surface area contributed by atoms with Crippen LogP contribution in [0.3, 0.4) is 0 Å². The molecule has 0 heterocycles. The van der Waals surface area contributed by atoms with Gasteiger partial charge in [0.05, 0.1) is 11.8 Å². The van der Waals surface area contributed by atoms with Crippen molar-refractivity contribution in [3.8, 4) is 5.75 Å². The van der Waals surface area contributed by atoms with Gasteiger partial charge in [-0.1, -0.05) is 54.6 Å². The predicted molar refractivity (Wildman–Crippen MR) is 124 cm³/mol. The quantitative estimate of drug-likeness (QED) is 0.373. The van der Waals surface area contributed by atoms with E-state index in [1.165, 1.54) is 6.21 Å². The number of para-hydroxylation sites is 1. The van der Waals surface area contributed by atoms with E-state index in [0.29, 0.717) is 22.4 Å². The fraction of sp³-hybridized carbons (Fsp3) is 0.125. The van der Waals surface area contributed by atoms with Crippen LogP contribution in [0.5, 0.6) is 5.75 Å². The van der Waals surface area contributed by atoms with Gasteiger partial charge in [-0.25, -0.2) is 5.43 Å². The maximum absolute atomic E-state index is 12.3. The summed E-state index contributed by atoms with van der Waals surface area (Å²) in [5.74, 6) is -0.127. The highest BCUT2D eigenvalue weighted by Crippen LogP contribution is 2.18. The van der Waals surface area contributed by atoms with E-state index >= 15 is 0 Å². The SMILES string of the molecule is CC(NC(=O)c1ccccc1Br)C(=O)NN=Cc1ccccc1OCc1ccccc1.